The van der Waals surface area contributed by atoms with Gasteiger partial charge >= 0.3 is 12.1 Å². The Hall–Kier alpha value is -1.63. The molecule has 0 aromatic carbocycles. The number of ether oxygens (including phenoxy) is 2. The summed E-state index contributed by atoms with van der Waals surface area (Å²) in [6, 6.07) is 1.46. The zero-order valence-corrected chi connectivity index (χ0v) is 12.7. The van der Waals surface area contributed by atoms with Crippen molar-refractivity contribution < 1.29 is 19.1 Å². The van der Waals surface area contributed by atoms with Crippen molar-refractivity contribution in [3.8, 4) is 0 Å². The Kier molecular flexibility index (Phi) is 4.88. The lowest BCUT2D eigenvalue weighted by molar-refractivity contribution is 0.0601. The maximum absolute atomic E-state index is 11.7. The molecule has 0 atom stereocenters. The predicted molar refractivity (Wildman–Crippen MR) is 73.1 cm³/mol. The number of carbonyl (C=O) groups is 2. The molecular weight excluding hydrogens is 316 g/mol. The van der Waals surface area contributed by atoms with Crippen molar-refractivity contribution in [2.24, 2.45) is 0 Å². The summed E-state index contributed by atoms with van der Waals surface area (Å²) in [6.07, 6.45) is 0.682. The summed E-state index contributed by atoms with van der Waals surface area (Å²) in [6.45, 7) is 5.23. The van der Waals surface area contributed by atoms with E-state index >= 15 is 0 Å². The number of anilines is 1. The fourth-order valence-electron chi connectivity index (χ4n) is 1.22. The summed E-state index contributed by atoms with van der Waals surface area (Å²) in [5, 5.41) is 2.46. The minimum atomic E-state index is -0.665. The van der Waals surface area contributed by atoms with Gasteiger partial charge in [0.25, 0.3) is 0 Å². The van der Waals surface area contributed by atoms with Gasteiger partial charge in [0.1, 0.15) is 10.2 Å². The highest BCUT2D eigenvalue weighted by molar-refractivity contribution is 9.10. The van der Waals surface area contributed by atoms with Gasteiger partial charge in [-0.1, -0.05) is 0 Å². The Morgan fingerprint density at radius 1 is 1.37 bits per heavy atom. The van der Waals surface area contributed by atoms with E-state index in [9.17, 15) is 9.59 Å². The number of pyridine rings is 1. The lowest BCUT2D eigenvalue weighted by Crippen LogP contribution is -2.27. The molecule has 1 heterocycles. The van der Waals surface area contributed by atoms with Gasteiger partial charge in [0, 0.05) is 0 Å². The SMILES string of the molecule is COC(=O)c1cc(Br)ncc1NC(=O)OC(C)(C)C. The van der Waals surface area contributed by atoms with Crippen molar-refractivity contribution in [1.82, 2.24) is 4.98 Å². The second-order valence-corrected chi connectivity index (χ2v) is 5.48. The molecule has 0 saturated heterocycles. The van der Waals surface area contributed by atoms with Crippen molar-refractivity contribution in [3.63, 3.8) is 0 Å². The van der Waals surface area contributed by atoms with Crippen LogP contribution in [-0.2, 0) is 9.47 Å². The first-order valence-electron chi connectivity index (χ1n) is 5.47. The van der Waals surface area contributed by atoms with Crippen LogP contribution in [0.2, 0.25) is 0 Å². The first-order valence-corrected chi connectivity index (χ1v) is 6.26. The monoisotopic (exact) mass is 330 g/mol. The predicted octanol–water partition coefficient (Wildman–Crippen LogP) is 2.98. The van der Waals surface area contributed by atoms with Gasteiger partial charge < -0.3 is 9.47 Å². The Morgan fingerprint density at radius 2 is 2.00 bits per heavy atom. The second kappa shape index (κ2) is 6.01. The largest absolute Gasteiger partial charge is 0.465 e. The number of aromatic nitrogens is 1. The minimum Gasteiger partial charge on any atom is -0.465 e. The summed E-state index contributed by atoms with van der Waals surface area (Å²) < 4.78 is 10.2. The van der Waals surface area contributed by atoms with E-state index in [0.717, 1.165) is 0 Å². The quantitative estimate of drug-likeness (QED) is 0.666. The maximum Gasteiger partial charge on any atom is 0.412 e. The highest BCUT2D eigenvalue weighted by Crippen LogP contribution is 2.20. The van der Waals surface area contributed by atoms with Crippen molar-refractivity contribution >= 4 is 33.7 Å². The Morgan fingerprint density at radius 3 is 2.53 bits per heavy atom. The topological polar surface area (TPSA) is 77.5 Å². The van der Waals surface area contributed by atoms with Crippen LogP contribution in [0.1, 0.15) is 31.1 Å². The summed E-state index contributed by atoms with van der Waals surface area (Å²) in [5.74, 6) is -0.575. The van der Waals surface area contributed by atoms with Crippen LogP contribution in [0, 0.1) is 0 Å². The van der Waals surface area contributed by atoms with Crippen LogP contribution in [0.3, 0.4) is 0 Å². The van der Waals surface area contributed by atoms with Gasteiger partial charge in [0.05, 0.1) is 24.6 Å². The average Bonchev–Trinajstić information content (AvgIpc) is 2.28. The standard InChI is InChI=1S/C12H15BrN2O4/c1-12(2,3)19-11(17)15-8-6-14-9(13)5-7(8)10(16)18-4/h5-6H,1-4H3,(H,15,17). The van der Waals surface area contributed by atoms with Crippen LogP contribution >= 0.6 is 15.9 Å². The van der Waals surface area contributed by atoms with Crippen molar-refractivity contribution in [2.75, 3.05) is 12.4 Å². The lowest BCUT2D eigenvalue weighted by Gasteiger charge is -2.20. The molecule has 0 aliphatic rings. The molecule has 0 radical (unpaired) electrons. The van der Waals surface area contributed by atoms with Gasteiger partial charge in [0.15, 0.2) is 0 Å². The Balaban J connectivity index is 2.95. The zero-order valence-electron chi connectivity index (χ0n) is 11.1. The average molecular weight is 331 g/mol. The van der Waals surface area contributed by atoms with E-state index in [1.165, 1.54) is 19.4 Å². The second-order valence-electron chi connectivity index (χ2n) is 4.67. The number of nitrogens with zero attached hydrogens (tertiary/aromatic N) is 1. The van der Waals surface area contributed by atoms with Gasteiger partial charge in [-0.15, -0.1) is 0 Å². The van der Waals surface area contributed by atoms with Crippen LogP contribution in [0.15, 0.2) is 16.9 Å². The molecule has 0 spiro atoms. The van der Waals surface area contributed by atoms with Crippen LogP contribution in [0.25, 0.3) is 0 Å². The van der Waals surface area contributed by atoms with Crippen LogP contribution in [0.4, 0.5) is 10.5 Å². The molecule has 6 nitrogen and oxygen atoms in total. The number of halogens is 1. The van der Waals surface area contributed by atoms with Crippen molar-refractivity contribution in [3.05, 3.63) is 22.4 Å². The number of methoxy groups -OCH3 is 1. The highest BCUT2D eigenvalue weighted by atomic mass is 79.9. The molecule has 1 amide bonds. The molecule has 0 aliphatic carbocycles. The van der Waals surface area contributed by atoms with Crippen LogP contribution in [-0.4, -0.2) is 29.8 Å². The number of nitrogens with one attached hydrogen (secondary N) is 1. The van der Waals surface area contributed by atoms with E-state index in [1.54, 1.807) is 20.8 Å². The highest BCUT2D eigenvalue weighted by Gasteiger charge is 2.19. The molecule has 1 aromatic rings. The van der Waals surface area contributed by atoms with Crippen LogP contribution < -0.4 is 5.32 Å². The van der Waals surface area contributed by atoms with Gasteiger partial charge in [-0.3, -0.25) is 5.32 Å². The zero-order chi connectivity index (χ0) is 14.6. The number of esters is 1. The van der Waals surface area contributed by atoms with Crippen molar-refractivity contribution in [2.45, 2.75) is 26.4 Å². The van der Waals surface area contributed by atoms with Gasteiger partial charge in [-0.2, -0.15) is 0 Å². The smallest absolute Gasteiger partial charge is 0.412 e. The summed E-state index contributed by atoms with van der Waals surface area (Å²) in [4.78, 5) is 27.2. The molecule has 0 aliphatic heterocycles. The third-order valence-electron chi connectivity index (χ3n) is 1.91. The minimum absolute atomic E-state index is 0.190. The lowest BCUT2D eigenvalue weighted by atomic mass is 10.2. The van der Waals surface area contributed by atoms with Gasteiger partial charge in [0.2, 0.25) is 0 Å². The summed E-state index contributed by atoms with van der Waals surface area (Å²) >= 11 is 3.15. The fourth-order valence-corrected chi connectivity index (χ4v) is 1.55. The third-order valence-corrected chi connectivity index (χ3v) is 2.35. The maximum atomic E-state index is 11.7. The molecule has 0 unspecified atom stereocenters. The third kappa shape index (κ3) is 4.86. The number of hydrogen-bond acceptors (Lipinski definition) is 5. The first kappa shape index (κ1) is 15.4. The van der Waals surface area contributed by atoms with E-state index in [2.05, 4.69) is 31.0 Å². The van der Waals surface area contributed by atoms with Gasteiger partial charge in [-0.05, 0) is 42.8 Å². The molecule has 0 bridgehead atoms. The van der Waals surface area contributed by atoms with E-state index < -0.39 is 17.7 Å². The van der Waals surface area contributed by atoms with E-state index in [1.807, 2.05) is 0 Å². The summed E-state index contributed by atoms with van der Waals surface area (Å²) in [7, 11) is 1.26. The van der Waals surface area contributed by atoms with Gasteiger partial charge in [-0.25, -0.2) is 14.6 Å². The molecule has 1 rings (SSSR count). The number of rotatable bonds is 2. The number of hydrogen-bond donors (Lipinski definition) is 1. The first-order chi connectivity index (χ1) is 8.73. The number of amides is 1. The number of carbonyl (C=O) groups excluding carboxylic acids is 2. The molecule has 0 saturated carbocycles. The molecule has 0 fully saturated rings. The fraction of sp³-hybridized carbons (Fsp3) is 0.417. The van der Waals surface area contributed by atoms with Crippen LogP contribution in [0.5, 0.6) is 0 Å². The Bertz CT molecular complexity index is 497. The molecule has 19 heavy (non-hydrogen) atoms. The van der Waals surface area contributed by atoms with E-state index in [-0.39, 0.29) is 11.3 Å². The molecular formula is C12H15BrN2O4. The Labute approximate surface area is 119 Å². The molecule has 104 valence electrons. The molecule has 7 heteroatoms. The molecule has 1 N–H and O–H groups in total. The van der Waals surface area contributed by atoms with E-state index in [4.69, 9.17) is 4.74 Å². The molecule has 1 aromatic heterocycles. The van der Waals surface area contributed by atoms with Crippen molar-refractivity contribution in [1.29, 1.82) is 0 Å². The normalized spacial score (nSPS) is 10.8. The van der Waals surface area contributed by atoms with E-state index in [0.29, 0.717) is 4.60 Å². The summed E-state index contributed by atoms with van der Waals surface area (Å²) in [5.41, 5.74) is -0.210.